The zero-order chi connectivity index (χ0) is 11.4. The first-order chi connectivity index (χ1) is 7.81. The molecule has 4 heteroatoms. The third kappa shape index (κ3) is 2.33. The van der Waals surface area contributed by atoms with Crippen molar-refractivity contribution in [1.29, 1.82) is 0 Å². The van der Waals surface area contributed by atoms with Gasteiger partial charge in [0.25, 0.3) is 0 Å². The molecule has 0 saturated carbocycles. The van der Waals surface area contributed by atoms with Crippen LogP contribution in [0.1, 0.15) is 16.8 Å². The molecule has 0 radical (unpaired) electrons. The highest BCUT2D eigenvalue weighted by Crippen LogP contribution is 2.30. The molecule has 1 aliphatic rings. The molecule has 1 N–H and O–H groups in total. The van der Waals surface area contributed by atoms with Crippen LogP contribution < -0.4 is 14.8 Å². The van der Waals surface area contributed by atoms with Crippen LogP contribution in [0.25, 0.3) is 0 Å². The molecule has 0 aromatic heterocycles. The third-order valence-corrected chi connectivity index (χ3v) is 2.47. The fourth-order valence-electron chi connectivity index (χ4n) is 1.60. The maximum absolute atomic E-state index is 11.8. The molecular weight excluding hydrogens is 206 g/mol. The van der Waals surface area contributed by atoms with Gasteiger partial charge in [-0.15, -0.1) is 0 Å². The Morgan fingerprint density at radius 2 is 2.06 bits per heavy atom. The summed E-state index contributed by atoms with van der Waals surface area (Å²) in [6, 6.07) is 5.33. The Balaban J connectivity index is 2.13. The summed E-state index contributed by atoms with van der Waals surface area (Å²) in [7, 11) is 1.83. The fraction of sp³-hybridized carbons (Fsp3) is 0.417. The zero-order valence-corrected chi connectivity index (χ0v) is 9.29. The lowest BCUT2D eigenvalue weighted by molar-refractivity contribution is 0.0982. The molecule has 0 atom stereocenters. The van der Waals surface area contributed by atoms with Crippen molar-refractivity contribution in [2.75, 3.05) is 26.8 Å². The van der Waals surface area contributed by atoms with E-state index in [2.05, 4.69) is 5.32 Å². The molecule has 1 aliphatic heterocycles. The smallest absolute Gasteiger partial charge is 0.164 e. The van der Waals surface area contributed by atoms with Gasteiger partial charge in [-0.2, -0.15) is 0 Å². The van der Waals surface area contributed by atoms with Gasteiger partial charge in [0.2, 0.25) is 0 Å². The van der Waals surface area contributed by atoms with E-state index in [1.807, 2.05) is 7.05 Å². The molecule has 1 heterocycles. The lowest BCUT2D eigenvalue weighted by Gasteiger charge is -2.18. The minimum Gasteiger partial charge on any atom is -0.486 e. The summed E-state index contributed by atoms with van der Waals surface area (Å²) < 4.78 is 10.8. The molecule has 2 rings (SSSR count). The van der Waals surface area contributed by atoms with E-state index in [1.165, 1.54) is 0 Å². The molecule has 4 nitrogen and oxygen atoms in total. The SMILES string of the molecule is CNCCC(=O)c1ccc2c(c1)OCCO2. The molecule has 1 aromatic rings. The summed E-state index contributed by atoms with van der Waals surface area (Å²) in [5.74, 6) is 1.50. The number of carbonyl (C=O) groups excluding carboxylic acids is 1. The normalized spacial score (nSPS) is 13.6. The Morgan fingerprint density at radius 1 is 1.31 bits per heavy atom. The number of Topliss-reactive ketones (excluding diaryl/α,β-unsaturated/α-hetero) is 1. The Labute approximate surface area is 94.6 Å². The number of benzene rings is 1. The summed E-state index contributed by atoms with van der Waals surface area (Å²) in [6.45, 7) is 1.80. The second-order valence-corrected chi connectivity index (χ2v) is 3.64. The largest absolute Gasteiger partial charge is 0.486 e. The Morgan fingerprint density at radius 3 is 2.81 bits per heavy atom. The predicted octanol–water partition coefficient (Wildman–Crippen LogP) is 1.25. The van der Waals surface area contributed by atoms with E-state index in [9.17, 15) is 4.79 Å². The van der Waals surface area contributed by atoms with Crippen molar-refractivity contribution >= 4 is 5.78 Å². The molecule has 0 saturated heterocycles. The Bertz CT molecular complexity index is 390. The predicted molar refractivity (Wildman–Crippen MR) is 60.3 cm³/mol. The number of carbonyl (C=O) groups is 1. The van der Waals surface area contributed by atoms with Crippen LogP contribution >= 0.6 is 0 Å². The van der Waals surface area contributed by atoms with E-state index < -0.39 is 0 Å². The van der Waals surface area contributed by atoms with E-state index in [4.69, 9.17) is 9.47 Å². The van der Waals surface area contributed by atoms with Gasteiger partial charge in [-0.25, -0.2) is 0 Å². The monoisotopic (exact) mass is 221 g/mol. The molecule has 86 valence electrons. The van der Waals surface area contributed by atoms with E-state index >= 15 is 0 Å². The van der Waals surface area contributed by atoms with Gasteiger partial charge in [0.15, 0.2) is 17.3 Å². The average Bonchev–Trinajstić information content (AvgIpc) is 2.35. The molecule has 16 heavy (non-hydrogen) atoms. The number of hydrogen-bond donors (Lipinski definition) is 1. The number of ether oxygens (including phenoxy) is 2. The van der Waals surface area contributed by atoms with Crippen LogP contribution in [0.3, 0.4) is 0 Å². The van der Waals surface area contributed by atoms with Crippen molar-refractivity contribution in [2.45, 2.75) is 6.42 Å². The maximum Gasteiger partial charge on any atom is 0.164 e. The molecule has 0 amide bonds. The van der Waals surface area contributed by atoms with Gasteiger partial charge in [-0.3, -0.25) is 4.79 Å². The average molecular weight is 221 g/mol. The molecule has 1 aromatic carbocycles. The first-order valence-electron chi connectivity index (χ1n) is 5.38. The summed E-state index contributed by atoms with van der Waals surface area (Å²) >= 11 is 0. The van der Waals surface area contributed by atoms with Crippen LogP contribution in [0, 0.1) is 0 Å². The quantitative estimate of drug-likeness (QED) is 0.777. The van der Waals surface area contributed by atoms with Crippen molar-refractivity contribution in [3.63, 3.8) is 0 Å². The van der Waals surface area contributed by atoms with Gasteiger partial charge in [-0.1, -0.05) is 0 Å². The molecular formula is C12H15NO3. The summed E-state index contributed by atoms with van der Waals surface area (Å²) in [5, 5.41) is 2.95. The van der Waals surface area contributed by atoms with Gasteiger partial charge < -0.3 is 14.8 Å². The van der Waals surface area contributed by atoms with E-state index in [1.54, 1.807) is 18.2 Å². The van der Waals surface area contributed by atoms with Crippen molar-refractivity contribution in [3.8, 4) is 11.5 Å². The lowest BCUT2D eigenvalue weighted by atomic mass is 10.1. The molecule has 0 spiro atoms. The zero-order valence-electron chi connectivity index (χ0n) is 9.29. The number of ketones is 1. The van der Waals surface area contributed by atoms with Crippen molar-refractivity contribution in [1.82, 2.24) is 5.32 Å². The van der Waals surface area contributed by atoms with E-state index in [-0.39, 0.29) is 5.78 Å². The molecule has 0 bridgehead atoms. The summed E-state index contributed by atoms with van der Waals surface area (Å²) in [5.41, 5.74) is 0.680. The highest BCUT2D eigenvalue weighted by atomic mass is 16.6. The van der Waals surface area contributed by atoms with Crippen molar-refractivity contribution < 1.29 is 14.3 Å². The Hall–Kier alpha value is -1.55. The lowest BCUT2D eigenvalue weighted by Crippen LogP contribution is -2.16. The fourth-order valence-corrected chi connectivity index (χ4v) is 1.60. The minimum atomic E-state index is 0.117. The van der Waals surface area contributed by atoms with E-state index in [0.29, 0.717) is 37.5 Å². The van der Waals surface area contributed by atoms with E-state index in [0.717, 1.165) is 5.75 Å². The third-order valence-electron chi connectivity index (χ3n) is 2.47. The molecule has 0 unspecified atom stereocenters. The molecule has 0 fully saturated rings. The first kappa shape index (κ1) is 11.0. The second-order valence-electron chi connectivity index (χ2n) is 3.64. The van der Waals surface area contributed by atoms with Crippen LogP contribution in [0.5, 0.6) is 11.5 Å². The van der Waals surface area contributed by atoms with Crippen molar-refractivity contribution in [3.05, 3.63) is 23.8 Å². The summed E-state index contributed by atoms with van der Waals surface area (Å²) in [4.78, 5) is 11.8. The number of hydrogen-bond acceptors (Lipinski definition) is 4. The maximum atomic E-state index is 11.8. The van der Waals surface area contributed by atoms with Gasteiger partial charge >= 0.3 is 0 Å². The highest BCUT2D eigenvalue weighted by Gasteiger charge is 2.14. The van der Waals surface area contributed by atoms with Crippen molar-refractivity contribution in [2.24, 2.45) is 0 Å². The van der Waals surface area contributed by atoms with Crippen LogP contribution in [-0.4, -0.2) is 32.6 Å². The minimum absolute atomic E-state index is 0.117. The van der Waals surface area contributed by atoms with Crippen LogP contribution in [0.15, 0.2) is 18.2 Å². The standard InChI is InChI=1S/C12H15NO3/c1-13-5-4-10(14)9-2-3-11-12(8-9)16-7-6-15-11/h2-3,8,13H,4-7H2,1H3. The Kier molecular flexibility index (Phi) is 3.41. The first-order valence-corrected chi connectivity index (χ1v) is 5.38. The van der Waals surface area contributed by atoms with Gasteiger partial charge in [0.1, 0.15) is 13.2 Å². The molecule has 0 aliphatic carbocycles. The second kappa shape index (κ2) is 4.99. The topological polar surface area (TPSA) is 47.6 Å². The van der Waals surface area contributed by atoms with Crippen LogP contribution in [0.2, 0.25) is 0 Å². The highest BCUT2D eigenvalue weighted by molar-refractivity contribution is 5.96. The number of nitrogens with one attached hydrogen (secondary N) is 1. The van der Waals surface area contributed by atoms with Crippen LogP contribution in [0.4, 0.5) is 0 Å². The van der Waals surface area contributed by atoms with Gasteiger partial charge in [0, 0.05) is 18.5 Å². The number of fused-ring (bicyclic) bond motifs is 1. The van der Waals surface area contributed by atoms with Gasteiger partial charge in [-0.05, 0) is 25.2 Å². The number of rotatable bonds is 4. The van der Waals surface area contributed by atoms with Gasteiger partial charge in [0.05, 0.1) is 0 Å². The van der Waals surface area contributed by atoms with Crippen LogP contribution in [-0.2, 0) is 0 Å². The summed E-state index contributed by atoms with van der Waals surface area (Å²) in [6.07, 6.45) is 0.496.